The normalized spacial score (nSPS) is 16.0. The molecule has 2 N–H and O–H groups in total. The van der Waals surface area contributed by atoms with E-state index >= 15 is 0 Å². The molecule has 1 aliphatic rings. The Hall–Kier alpha value is -1.09. The van der Waals surface area contributed by atoms with E-state index in [0.29, 0.717) is 6.54 Å². The number of halogens is 1. The van der Waals surface area contributed by atoms with Gasteiger partial charge in [0, 0.05) is 39.5 Å². The van der Waals surface area contributed by atoms with Crippen LogP contribution in [0.4, 0.5) is 5.82 Å². The topological polar surface area (TPSA) is 61.8 Å². The lowest BCUT2D eigenvalue weighted by Crippen LogP contribution is -2.45. The fourth-order valence-electron chi connectivity index (χ4n) is 3.12. The Kier molecular flexibility index (Phi) is 10.4. The molecule has 0 radical (unpaired) electrons. The zero-order chi connectivity index (χ0) is 19.0. The molecule has 0 saturated carbocycles. The number of aliphatic imine (C=N–C) groups is 1. The van der Waals surface area contributed by atoms with Gasteiger partial charge in [0.05, 0.1) is 12.6 Å². The second-order valence-corrected chi connectivity index (χ2v) is 7.88. The Balaban J connectivity index is 0.00000364. The molecule has 27 heavy (non-hydrogen) atoms. The molecule has 0 bridgehead atoms. The van der Waals surface area contributed by atoms with Crippen LogP contribution in [-0.2, 0) is 11.3 Å². The Labute approximate surface area is 181 Å². The van der Waals surface area contributed by atoms with E-state index in [1.165, 1.54) is 18.4 Å². The van der Waals surface area contributed by atoms with Crippen LogP contribution in [0.3, 0.4) is 0 Å². The van der Waals surface area contributed by atoms with Gasteiger partial charge in [0.25, 0.3) is 0 Å². The Bertz CT molecular complexity index is 582. The maximum Gasteiger partial charge on any atom is 0.191 e. The standard InChI is InChI=1S/C20H35N5O.HI/c1-6-21-19(24-15-17(26-5)20(2,3)4)23-14-16-9-10-22-18(13-16)25-11-7-8-12-25;/h9-10,13,17H,6-8,11-12,14-15H2,1-5H3,(H2,21,23,24);1H. The van der Waals surface area contributed by atoms with Crippen LogP contribution in [0.2, 0.25) is 0 Å². The van der Waals surface area contributed by atoms with Gasteiger partial charge in [-0.1, -0.05) is 20.8 Å². The number of ether oxygens (including phenoxy) is 1. The third kappa shape index (κ3) is 7.81. The summed E-state index contributed by atoms with van der Waals surface area (Å²) in [6, 6.07) is 4.20. The molecule has 2 heterocycles. The first-order chi connectivity index (χ1) is 12.4. The molecule has 1 aromatic heterocycles. The SMILES string of the molecule is CCNC(=NCc1ccnc(N2CCCC2)c1)NCC(OC)C(C)(C)C.I. The second kappa shape index (κ2) is 11.7. The van der Waals surface area contributed by atoms with Crippen LogP contribution in [0.5, 0.6) is 0 Å². The summed E-state index contributed by atoms with van der Waals surface area (Å²) in [5.41, 5.74) is 1.26. The lowest BCUT2D eigenvalue weighted by Gasteiger charge is -2.30. The van der Waals surface area contributed by atoms with Gasteiger partial charge in [0.1, 0.15) is 5.82 Å². The molecule has 0 spiro atoms. The number of aromatic nitrogens is 1. The summed E-state index contributed by atoms with van der Waals surface area (Å²) in [5, 5.41) is 6.72. The molecular weight excluding hydrogens is 453 g/mol. The van der Waals surface area contributed by atoms with Gasteiger partial charge in [0.2, 0.25) is 0 Å². The number of rotatable bonds is 7. The van der Waals surface area contributed by atoms with Crippen LogP contribution in [0.15, 0.2) is 23.3 Å². The summed E-state index contributed by atoms with van der Waals surface area (Å²) in [6.45, 7) is 13.0. The highest BCUT2D eigenvalue weighted by molar-refractivity contribution is 14.0. The van der Waals surface area contributed by atoms with Crippen LogP contribution in [0, 0.1) is 5.41 Å². The Morgan fingerprint density at radius 1 is 1.30 bits per heavy atom. The maximum atomic E-state index is 5.62. The molecule has 7 heteroatoms. The summed E-state index contributed by atoms with van der Waals surface area (Å²) in [4.78, 5) is 11.6. The van der Waals surface area contributed by atoms with E-state index in [9.17, 15) is 0 Å². The highest BCUT2D eigenvalue weighted by Gasteiger charge is 2.24. The molecule has 1 unspecified atom stereocenters. The number of hydrogen-bond donors (Lipinski definition) is 2. The number of nitrogens with one attached hydrogen (secondary N) is 2. The van der Waals surface area contributed by atoms with Crippen molar-refractivity contribution in [2.45, 2.75) is 53.2 Å². The number of nitrogens with zero attached hydrogens (tertiary/aromatic N) is 3. The van der Waals surface area contributed by atoms with Crippen molar-refractivity contribution in [1.29, 1.82) is 0 Å². The van der Waals surface area contributed by atoms with Gasteiger partial charge in [0.15, 0.2) is 5.96 Å². The van der Waals surface area contributed by atoms with Crippen molar-refractivity contribution in [2.75, 3.05) is 38.2 Å². The highest BCUT2D eigenvalue weighted by Crippen LogP contribution is 2.21. The molecule has 0 aromatic carbocycles. The third-order valence-electron chi connectivity index (χ3n) is 4.71. The van der Waals surface area contributed by atoms with Gasteiger partial charge in [-0.15, -0.1) is 24.0 Å². The lowest BCUT2D eigenvalue weighted by molar-refractivity contribution is 0.0205. The van der Waals surface area contributed by atoms with E-state index in [2.05, 4.69) is 54.3 Å². The van der Waals surface area contributed by atoms with E-state index in [0.717, 1.165) is 38.0 Å². The minimum absolute atomic E-state index is 0. The van der Waals surface area contributed by atoms with Crippen molar-refractivity contribution in [1.82, 2.24) is 15.6 Å². The van der Waals surface area contributed by atoms with Gasteiger partial charge >= 0.3 is 0 Å². The predicted octanol–water partition coefficient (Wildman–Crippen LogP) is 3.42. The van der Waals surface area contributed by atoms with Crippen LogP contribution < -0.4 is 15.5 Å². The van der Waals surface area contributed by atoms with Gasteiger partial charge < -0.3 is 20.3 Å². The molecule has 1 aliphatic heterocycles. The average Bonchev–Trinajstić information content (AvgIpc) is 3.14. The fourth-order valence-corrected chi connectivity index (χ4v) is 3.12. The molecule has 6 nitrogen and oxygen atoms in total. The molecule has 1 aromatic rings. The molecule has 2 rings (SSSR count). The zero-order valence-corrected chi connectivity index (χ0v) is 19.7. The lowest BCUT2D eigenvalue weighted by atomic mass is 9.89. The number of pyridine rings is 1. The van der Waals surface area contributed by atoms with E-state index in [-0.39, 0.29) is 35.5 Å². The molecule has 1 fully saturated rings. The van der Waals surface area contributed by atoms with Gasteiger partial charge in [-0.25, -0.2) is 9.98 Å². The Morgan fingerprint density at radius 3 is 2.59 bits per heavy atom. The summed E-state index contributed by atoms with van der Waals surface area (Å²) in [6.07, 6.45) is 4.52. The van der Waals surface area contributed by atoms with E-state index in [1.807, 2.05) is 12.3 Å². The molecule has 1 atom stereocenters. The minimum atomic E-state index is 0. The number of guanidine groups is 1. The largest absolute Gasteiger partial charge is 0.379 e. The summed E-state index contributed by atoms with van der Waals surface area (Å²) in [7, 11) is 1.76. The van der Waals surface area contributed by atoms with E-state index in [4.69, 9.17) is 9.73 Å². The van der Waals surface area contributed by atoms with Gasteiger partial charge in [-0.05, 0) is 42.9 Å². The zero-order valence-electron chi connectivity index (χ0n) is 17.4. The van der Waals surface area contributed by atoms with Crippen LogP contribution in [0.1, 0.15) is 46.1 Å². The van der Waals surface area contributed by atoms with Crippen LogP contribution in [-0.4, -0.2) is 50.3 Å². The first-order valence-electron chi connectivity index (χ1n) is 9.69. The van der Waals surface area contributed by atoms with Crippen molar-refractivity contribution in [3.8, 4) is 0 Å². The molecule has 0 amide bonds. The number of methoxy groups -OCH3 is 1. The van der Waals surface area contributed by atoms with Crippen molar-refractivity contribution >= 4 is 35.8 Å². The van der Waals surface area contributed by atoms with Crippen molar-refractivity contribution in [2.24, 2.45) is 10.4 Å². The van der Waals surface area contributed by atoms with Crippen molar-refractivity contribution in [3.05, 3.63) is 23.9 Å². The first-order valence-corrected chi connectivity index (χ1v) is 9.69. The van der Waals surface area contributed by atoms with Crippen LogP contribution in [0.25, 0.3) is 0 Å². The monoisotopic (exact) mass is 489 g/mol. The minimum Gasteiger partial charge on any atom is -0.379 e. The third-order valence-corrected chi connectivity index (χ3v) is 4.71. The van der Waals surface area contributed by atoms with E-state index < -0.39 is 0 Å². The molecular formula is C20H36IN5O. The van der Waals surface area contributed by atoms with Gasteiger partial charge in [-0.2, -0.15) is 0 Å². The second-order valence-electron chi connectivity index (χ2n) is 7.88. The first kappa shape index (κ1) is 23.9. The highest BCUT2D eigenvalue weighted by atomic mass is 127. The predicted molar refractivity (Wildman–Crippen MR) is 124 cm³/mol. The Morgan fingerprint density at radius 2 is 2.00 bits per heavy atom. The summed E-state index contributed by atoms with van der Waals surface area (Å²) < 4.78 is 5.62. The quantitative estimate of drug-likeness (QED) is 0.349. The fraction of sp³-hybridized carbons (Fsp3) is 0.700. The smallest absolute Gasteiger partial charge is 0.191 e. The number of hydrogen-bond acceptors (Lipinski definition) is 4. The number of anilines is 1. The molecule has 1 saturated heterocycles. The van der Waals surface area contributed by atoms with Gasteiger partial charge in [-0.3, -0.25) is 0 Å². The van der Waals surface area contributed by atoms with Crippen LogP contribution >= 0.6 is 24.0 Å². The maximum absolute atomic E-state index is 5.62. The average molecular weight is 489 g/mol. The summed E-state index contributed by atoms with van der Waals surface area (Å²) in [5.74, 6) is 1.89. The molecule has 0 aliphatic carbocycles. The summed E-state index contributed by atoms with van der Waals surface area (Å²) >= 11 is 0. The van der Waals surface area contributed by atoms with E-state index in [1.54, 1.807) is 7.11 Å². The van der Waals surface area contributed by atoms with Crippen molar-refractivity contribution in [3.63, 3.8) is 0 Å². The van der Waals surface area contributed by atoms with Crippen molar-refractivity contribution < 1.29 is 4.74 Å². The molecule has 154 valence electrons.